The van der Waals surface area contributed by atoms with Crippen molar-refractivity contribution >= 4 is 17.3 Å². The molecular weight excluding hydrogens is 249 g/mol. The second-order valence-corrected chi connectivity index (χ2v) is 6.10. The second kappa shape index (κ2) is 6.98. The van der Waals surface area contributed by atoms with E-state index in [0.717, 1.165) is 12.8 Å². The van der Waals surface area contributed by atoms with Crippen LogP contribution in [-0.4, -0.2) is 6.04 Å². The summed E-state index contributed by atoms with van der Waals surface area (Å²) in [4.78, 5) is 0. The van der Waals surface area contributed by atoms with Gasteiger partial charge in [0, 0.05) is 6.04 Å². The van der Waals surface area contributed by atoms with Gasteiger partial charge in [-0.05, 0) is 36.8 Å². The van der Waals surface area contributed by atoms with Gasteiger partial charge in [-0.25, -0.2) is 4.39 Å². The van der Waals surface area contributed by atoms with Gasteiger partial charge in [-0.3, -0.25) is 0 Å². The highest BCUT2D eigenvalue weighted by Gasteiger charge is 2.16. The Morgan fingerprint density at radius 3 is 2.11 bits per heavy atom. The lowest BCUT2D eigenvalue weighted by Gasteiger charge is -2.24. The molecule has 18 heavy (non-hydrogen) atoms. The number of rotatable bonds is 6. The molecule has 0 saturated carbocycles. The summed E-state index contributed by atoms with van der Waals surface area (Å²) in [5.41, 5.74) is 0.436. The lowest BCUT2D eigenvalue weighted by Crippen LogP contribution is -2.24. The molecule has 1 aromatic rings. The van der Waals surface area contributed by atoms with E-state index in [9.17, 15) is 4.39 Å². The largest absolute Gasteiger partial charge is 0.379 e. The van der Waals surface area contributed by atoms with Crippen molar-refractivity contribution in [2.45, 2.75) is 46.6 Å². The Morgan fingerprint density at radius 1 is 1.11 bits per heavy atom. The first kappa shape index (κ1) is 15.3. The molecule has 3 heteroatoms. The normalized spacial score (nSPS) is 11.6. The van der Waals surface area contributed by atoms with Crippen LogP contribution in [0.3, 0.4) is 0 Å². The molecule has 0 radical (unpaired) electrons. The monoisotopic (exact) mass is 271 g/mol. The van der Waals surface area contributed by atoms with Gasteiger partial charge < -0.3 is 5.32 Å². The predicted molar refractivity (Wildman–Crippen MR) is 77.7 cm³/mol. The Hall–Kier alpha value is -0.760. The van der Waals surface area contributed by atoms with Gasteiger partial charge in [-0.15, -0.1) is 0 Å². The van der Waals surface area contributed by atoms with Crippen molar-refractivity contribution in [3.8, 4) is 0 Å². The average Bonchev–Trinajstić information content (AvgIpc) is 2.21. The first-order chi connectivity index (χ1) is 8.40. The van der Waals surface area contributed by atoms with Gasteiger partial charge in [-0.1, -0.05) is 45.4 Å². The zero-order valence-corrected chi connectivity index (χ0v) is 12.4. The molecule has 0 saturated heterocycles. The van der Waals surface area contributed by atoms with Crippen LogP contribution < -0.4 is 5.32 Å². The summed E-state index contributed by atoms with van der Waals surface area (Å²) in [5, 5.41) is 3.72. The maximum Gasteiger partial charge on any atom is 0.147 e. The van der Waals surface area contributed by atoms with Gasteiger partial charge >= 0.3 is 0 Å². The van der Waals surface area contributed by atoms with E-state index >= 15 is 0 Å². The number of halogens is 2. The van der Waals surface area contributed by atoms with Crippen molar-refractivity contribution in [1.82, 2.24) is 0 Å². The molecule has 1 aromatic carbocycles. The summed E-state index contributed by atoms with van der Waals surface area (Å²) in [6, 6.07) is 5.05. The van der Waals surface area contributed by atoms with Crippen LogP contribution in [0, 0.1) is 17.7 Å². The van der Waals surface area contributed by atoms with E-state index in [-0.39, 0.29) is 11.9 Å². The smallest absolute Gasteiger partial charge is 0.147 e. The Labute approximate surface area is 115 Å². The highest BCUT2D eigenvalue weighted by molar-refractivity contribution is 6.33. The third kappa shape index (κ3) is 4.85. The first-order valence-corrected chi connectivity index (χ1v) is 6.98. The van der Waals surface area contributed by atoms with Crippen LogP contribution in [0.15, 0.2) is 18.2 Å². The van der Waals surface area contributed by atoms with E-state index in [1.807, 2.05) is 0 Å². The van der Waals surface area contributed by atoms with Crippen LogP contribution >= 0.6 is 11.6 Å². The summed E-state index contributed by atoms with van der Waals surface area (Å²) in [7, 11) is 0. The number of hydrogen-bond donors (Lipinski definition) is 1. The van der Waals surface area contributed by atoms with E-state index in [0.29, 0.717) is 22.5 Å². The maximum atomic E-state index is 13.7. The van der Waals surface area contributed by atoms with Crippen LogP contribution in [0.25, 0.3) is 0 Å². The van der Waals surface area contributed by atoms with E-state index < -0.39 is 0 Å². The Balaban J connectivity index is 2.81. The molecule has 0 atom stereocenters. The van der Waals surface area contributed by atoms with Gasteiger partial charge in [0.05, 0.1) is 10.7 Å². The zero-order chi connectivity index (χ0) is 13.7. The molecular formula is C15H23ClFN. The van der Waals surface area contributed by atoms with Gasteiger partial charge in [0.1, 0.15) is 5.82 Å². The molecule has 0 aliphatic carbocycles. The minimum Gasteiger partial charge on any atom is -0.379 e. The van der Waals surface area contributed by atoms with Crippen molar-refractivity contribution in [3.63, 3.8) is 0 Å². The summed E-state index contributed by atoms with van der Waals surface area (Å²) in [5.74, 6) is 0.874. The molecule has 0 heterocycles. The standard InChI is InChI=1S/C15H23ClFN/c1-10(2)8-12(9-11(3)4)18-15-13(16)6-5-7-14(15)17/h5-7,10-12,18H,8-9H2,1-4H3. The predicted octanol–water partition coefficient (Wildman–Crippen LogP) is 5.35. The molecule has 0 bridgehead atoms. The maximum absolute atomic E-state index is 13.7. The number of para-hydroxylation sites is 1. The molecule has 0 aromatic heterocycles. The third-order valence-corrected chi connectivity index (χ3v) is 3.14. The van der Waals surface area contributed by atoms with Crippen molar-refractivity contribution in [3.05, 3.63) is 29.0 Å². The second-order valence-electron chi connectivity index (χ2n) is 5.70. The molecule has 0 unspecified atom stereocenters. The highest BCUT2D eigenvalue weighted by Crippen LogP contribution is 2.27. The minimum absolute atomic E-state index is 0.263. The summed E-state index contributed by atoms with van der Waals surface area (Å²) < 4.78 is 13.7. The summed E-state index contributed by atoms with van der Waals surface area (Å²) >= 11 is 6.04. The molecule has 0 fully saturated rings. The minimum atomic E-state index is -0.278. The Bertz CT molecular complexity index is 347. The van der Waals surface area contributed by atoms with Crippen molar-refractivity contribution < 1.29 is 4.39 Å². The molecule has 1 N–H and O–H groups in total. The van der Waals surface area contributed by atoms with Crippen molar-refractivity contribution in [1.29, 1.82) is 0 Å². The Morgan fingerprint density at radius 2 is 1.67 bits per heavy atom. The Kier molecular flexibility index (Phi) is 5.94. The van der Waals surface area contributed by atoms with Gasteiger partial charge in [-0.2, -0.15) is 0 Å². The fourth-order valence-corrected chi connectivity index (χ4v) is 2.41. The molecule has 0 amide bonds. The molecule has 102 valence electrons. The fraction of sp³-hybridized carbons (Fsp3) is 0.600. The average molecular weight is 272 g/mol. The van der Waals surface area contributed by atoms with E-state index in [1.54, 1.807) is 12.1 Å². The number of benzene rings is 1. The van der Waals surface area contributed by atoms with Crippen LogP contribution in [0.4, 0.5) is 10.1 Å². The van der Waals surface area contributed by atoms with Crippen LogP contribution in [0.1, 0.15) is 40.5 Å². The van der Waals surface area contributed by atoms with E-state index in [2.05, 4.69) is 33.0 Å². The third-order valence-electron chi connectivity index (χ3n) is 2.82. The summed E-state index contributed by atoms with van der Waals surface area (Å²) in [6.07, 6.45) is 2.03. The molecule has 0 spiro atoms. The lowest BCUT2D eigenvalue weighted by molar-refractivity contribution is 0.440. The SMILES string of the molecule is CC(C)CC(CC(C)C)Nc1c(F)cccc1Cl. The quantitative estimate of drug-likeness (QED) is 0.735. The fourth-order valence-electron chi connectivity index (χ4n) is 2.19. The molecule has 1 rings (SSSR count). The number of nitrogens with one attached hydrogen (secondary N) is 1. The van der Waals surface area contributed by atoms with Gasteiger partial charge in [0.2, 0.25) is 0 Å². The molecule has 0 aliphatic rings. The first-order valence-electron chi connectivity index (χ1n) is 6.60. The topological polar surface area (TPSA) is 12.0 Å². The van der Waals surface area contributed by atoms with Crippen LogP contribution in [-0.2, 0) is 0 Å². The van der Waals surface area contributed by atoms with Crippen LogP contribution in [0.2, 0.25) is 5.02 Å². The van der Waals surface area contributed by atoms with Crippen molar-refractivity contribution in [2.75, 3.05) is 5.32 Å². The summed E-state index contributed by atoms with van der Waals surface area (Å²) in [6.45, 7) is 8.71. The van der Waals surface area contributed by atoms with E-state index in [4.69, 9.17) is 11.6 Å². The van der Waals surface area contributed by atoms with E-state index in [1.165, 1.54) is 6.07 Å². The zero-order valence-electron chi connectivity index (χ0n) is 11.6. The van der Waals surface area contributed by atoms with Crippen molar-refractivity contribution in [2.24, 2.45) is 11.8 Å². The van der Waals surface area contributed by atoms with Gasteiger partial charge in [0.25, 0.3) is 0 Å². The number of hydrogen-bond acceptors (Lipinski definition) is 1. The lowest BCUT2D eigenvalue weighted by atomic mass is 9.95. The molecule has 1 nitrogen and oxygen atoms in total. The number of anilines is 1. The molecule has 0 aliphatic heterocycles. The highest BCUT2D eigenvalue weighted by atomic mass is 35.5. The van der Waals surface area contributed by atoms with Gasteiger partial charge in [0.15, 0.2) is 0 Å². The van der Waals surface area contributed by atoms with Crippen LogP contribution in [0.5, 0.6) is 0 Å².